The minimum atomic E-state index is -4.32. The van der Waals surface area contributed by atoms with Gasteiger partial charge in [0.15, 0.2) is 0 Å². The second-order valence-corrected chi connectivity index (χ2v) is 8.76. The first-order valence-electron chi connectivity index (χ1n) is 10.5. The molecule has 0 amide bonds. The molecule has 1 fully saturated rings. The molecule has 33 heavy (non-hydrogen) atoms. The highest BCUT2D eigenvalue weighted by Crippen LogP contribution is 2.37. The Balaban J connectivity index is 0.00000306. The van der Waals surface area contributed by atoms with Crippen LogP contribution in [0.25, 0.3) is 0 Å². The molecule has 0 spiro atoms. The molecular weight excluding hydrogens is 469 g/mol. The molecule has 8 heteroatoms. The van der Waals surface area contributed by atoms with Gasteiger partial charge in [-0.2, -0.15) is 13.2 Å². The summed E-state index contributed by atoms with van der Waals surface area (Å²) in [4.78, 5) is 6.63. The van der Waals surface area contributed by atoms with Crippen LogP contribution in [0.5, 0.6) is 5.75 Å². The number of methoxy groups -OCH3 is 1. The van der Waals surface area contributed by atoms with Crippen LogP contribution in [0.2, 0.25) is 0 Å². The highest BCUT2D eigenvalue weighted by atomic mass is 35.5. The van der Waals surface area contributed by atoms with Crippen LogP contribution in [0, 0.1) is 0 Å². The molecule has 1 saturated heterocycles. The second kappa shape index (κ2) is 11.2. The smallest absolute Gasteiger partial charge is 0.416 e. The fourth-order valence-electron chi connectivity index (χ4n) is 3.84. The predicted octanol–water partition coefficient (Wildman–Crippen LogP) is 6.61. The van der Waals surface area contributed by atoms with E-state index in [1.807, 2.05) is 41.3 Å². The standard InChI is InChI=1S/C25H25F3N2OS.ClH/c1-31-22-10-3-5-12-24(22)32-23-11-4-2-7-19(23)18-29-13-15-30(16-14-29)21-9-6-8-20(17-21)25(26,27)28;/h2-12,17H,13-16,18H2,1H3;1H. The molecule has 0 N–H and O–H groups in total. The number of nitrogens with zero attached hydrogens (tertiary/aromatic N) is 2. The lowest BCUT2D eigenvalue weighted by atomic mass is 10.1. The first kappa shape index (κ1) is 25.3. The number of para-hydroxylation sites is 1. The van der Waals surface area contributed by atoms with Gasteiger partial charge in [0.1, 0.15) is 5.75 Å². The normalized spacial score (nSPS) is 14.6. The molecule has 1 aliphatic rings. The summed E-state index contributed by atoms with van der Waals surface area (Å²) < 4.78 is 44.6. The van der Waals surface area contributed by atoms with Gasteiger partial charge in [-0.1, -0.05) is 48.2 Å². The fourth-order valence-corrected chi connectivity index (χ4v) is 4.89. The summed E-state index contributed by atoms with van der Waals surface area (Å²) >= 11 is 1.69. The molecule has 0 aliphatic carbocycles. The van der Waals surface area contributed by atoms with Crippen molar-refractivity contribution in [1.82, 2.24) is 4.90 Å². The minimum absolute atomic E-state index is 0. The molecule has 3 aromatic carbocycles. The number of piperazine rings is 1. The van der Waals surface area contributed by atoms with Gasteiger partial charge in [0.25, 0.3) is 0 Å². The summed E-state index contributed by atoms with van der Waals surface area (Å²) in [6.07, 6.45) is -4.32. The zero-order valence-electron chi connectivity index (χ0n) is 18.2. The van der Waals surface area contributed by atoms with Crippen molar-refractivity contribution in [2.75, 3.05) is 38.2 Å². The van der Waals surface area contributed by atoms with Gasteiger partial charge in [-0.25, -0.2) is 0 Å². The molecule has 3 aromatic rings. The molecule has 0 bridgehead atoms. The molecule has 0 atom stereocenters. The number of hydrogen-bond donors (Lipinski definition) is 0. The van der Waals surface area contributed by atoms with Crippen molar-refractivity contribution in [3.05, 3.63) is 83.9 Å². The molecule has 0 unspecified atom stereocenters. The van der Waals surface area contributed by atoms with Gasteiger partial charge < -0.3 is 9.64 Å². The Labute approximate surface area is 203 Å². The van der Waals surface area contributed by atoms with Crippen molar-refractivity contribution in [3.63, 3.8) is 0 Å². The molecule has 1 aliphatic heterocycles. The number of anilines is 1. The fraction of sp³-hybridized carbons (Fsp3) is 0.280. The summed E-state index contributed by atoms with van der Waals surface area (Å²) in [6, 6.07) is 21.9. The van der Waals surface area contributed by atoms with E-state index < -0.39 is 11.7 Å². The Kier molecular flexibility index (Phi) is 8.57. The van der Waals surface area contributed by atoms with Crippen LogP contribution in [0.4, 0.5) is 18.9 Å². The van der Waals surface area contributed by atoms with Gasteiger partial charge in [0, 0.05) is 43.3 Å². The molecule has 3 nitrogen and oxygen atoms in total. The average Bonchev–Trinajstić information content (AvgIpc) is 2.81. The topological polar surface area (TPSA) is 15.7 Å². The number of rotatable bonds is 6. The Hall–Kier alpha value is -2.35. The van der Waals surface area contributed by atoms with Crippen molar-refractivity contribution in [3.8, 4) is 5.75 Å². The van der Waals surface area contributed by atoms with Crippen LogP contribution in [0.15, 0.2) is 82.6 Å². The second-order valence-electron chi connectivity index (χ2n) is 7.67. The maximum absolute atomic E-state index is 13.0. The zero-order valence-corrected chi connectivity index (χ0v) is 19.8. The number of hydrogen-bond acceptors (Lipinski definition) is 4. The molecule has 176 valence electrons. The van der Waals surface area contributed by atoms with E-state index >= 15 is 0 Å². The number of ether oxygens (including phenoxy) is 1. The van der Waals surface area contributed by atoms with Crippen LogP contribution >= 0.6 is 24.2 Å². The van der Waals surface area contributed by atoms with E-state index in [9.17, 15) is 13.2 Å². The van der Waals surface area contributed by atoms with Gasteiger partial charge in [0.05, 0.1) is 17.6 Å². The van der Waals surface area contributed by atoms with Gasteiger partial charge in [0.2, 0.25) is 0 Å². The number of benzene rings is 3. The van der Waals surface area contributed by atoms with Gasteiger partial charge in [-0.15, -0.1) is 12.4 Å². The lowest BCUT2D eigenvalue weighted by Crippen LogP contribution is -2.46. The van der Waals surface area contributed by atoms with Gasteiger partial charge in [-0.05, 0) is 42.0 Å². The molecule has 1 heterocycles. The van der Waals surface area contributed by atoms with E-state index in [2.05, 4.69) is 17.0 Å². The summed E-state index contributed by atoms with van der Waals surface area (Å²) in [5.41, 5.74) is 1.27. The number of halogens is 4. The van der Waals surface area contributed by atoms with Crippen LogP contribution in [0.1, 0.15) is 11.1 Å². The summed E-state index contributed by atoms with van der Waals surface area (Å²) in [5, 5.41) is 0. The van der Waals surface area contributed by atoms with Crippen molar-refractivity contribution >= 4 is 29.9 Å². The van der Waals surface area contributed by atoms with E-state index in [0.717, 1.165) is 36.3 Å². The third kappa shape index (κ3) is 6.37. The van der Waals surface area contributed by atoms with Gasteiger partial charge in [-0.3, -0.25) is 4.90 Å². The Morgan fingerprint density at radius 2 is 1.52 bits per heavy atom. The van der Waals surface area contributed by atoms with E-state index in [1.54, 1.807) is 24.9 Å². The van der Waals surface area contributed by atoms with Crippen molar-refractivity contribution in [1.29, 1.82) is 0 Å². The average molecular weight is 495 g/mol. The van der Waals surface area contributed by atoms with E-state index in [1.165, 1.54) is 22.6 Å². The molecular formula is C25H26ClF3N2OS. The third-order valence-corrected chi connectivity index (χ3v) is 6.74. The lowest BCUT2D eigenvalue weighted by Gasteiger charge is -2.36. The Bertz CT molecular complexity index is 1060. The van der Waals surface area contributed by atoms with Crippen LogP contribution in [-0.2, 0) is 12.7 Å². The van der Waals surface area contributed by atoms with Crippen LogP contribution < -0.4 is 9.64 Å². The van der Waals surface area contributed by atoms with E-state index in [-0.39, 0.29) is 12.4 Å². The van der Waals surface area contributed by atoms with Crippen molar-refractivity contribution in [2.45, 2.75) is 22.5 Å². The molecule has 0 radical (unpaired) electrons. The van der Waals surface area contributed by atoms with Crippen molar-refractivity contribution in [2.24, 2.45) is 0 Å². The van der Waals surface area contributed by atoms with Gasteiger partial charge >= 0.3 is 6.18 Å². The van der Waals surface area contributed by atoms with Crippen molar-refractivity contribution < 1.29 is 17.9 Å². The predicted molar refractivity (Wildman–Crippen MR) is 130 cm³/mol. The lowest BCUT2D eigenvalue weighted by molar-refractivity contribution is -0.137. The zero-order chi connectivity index (χ0) is 22.6. The minimum Gasteiger partial charge on any atom is -0.496 e. The summed E-state index contributed by atoms with van der Waals surface area (Å²) in [5.74, 6) is 0.849. The highest BCUT2D eigenvalue weighted by Gasteiger charge is 2.31. The number of alkyl halides is 3. The maximum Gasteiger partial charge on any atom is 0.416 e. The monoisotopic (exact) mass is 494 g/mol. The summed E-state index contributed by atoms with van der Waals surface area (Å²) in [7, 11) is 1.68. The molecule has 4 rings (SSSR count). The van der Waals surface area contributed by atoms with E-state index in [0.29, 0.717) is 18.8 Å². The Morgan fingerprint density at radius 1 is 0.848 bits per heavy atom. The maximum atomic E-state index is 13.0. The highest BCUT2D eigenvalue weighted by molar-refractivity contribution is 7.99. The largest absolute Gasteiger partial charge is 0.496 e. The molecule has 0 aromatic heterocycles. The van der Waals surface area contributed by atoms with Crippen LogP contribution in [0.3, 0.4) is 0 Å². The summed E-state index contributed by atoms with van der Waals surface area (Å²) in [6.45, 7) is 3.79. The quantitative estimate of drug-likeness (QED) is 0.383. The van der Waals surface area contributed by atoms with Crippen LogP contribution in [-0.4, -0.2) is 38.2 Å². The SMILES string of the molecule is COc1ccccc1Sc1ccccc1CN1CCN(c2cccc(C(F)(F)F)c2)CC1.Cl. The first-order chi connectivity index (χ1) is 15.4. The third-order valence-electron chi connectivity index (χ3n) is 5.57. The Morgan fingerprint density at radius 3 is 2.21 bits per heavy atom. The molecule has 0 saturated carbocycles. The van der Waals surface area contributed by atoms with E-state index in [4.69, 9.17) is 4.74 Å². The first-order valence-corrected chi connectivity index (χ1v) is 11.3.